The van der Waals surface area contributed by atoms with E-state index in [4.69, 9.17) is 16.0 Å². The van der Waals surface area contributed by atoms with Crippen molar-refractivity contribution < 1.29 is 18.9 Å². The maximum Gasteiger partial charge on any atom is 0.288 e. The van der Waals surface area contributed by atoms with Crippen molar-refractivity contribution in [2.75, 3.05) is 54.4 Å². The molecule has 1 heterocycles. The summed E-state index contributed by atoms with van der Waals surface area (Å²) in [5.74, 6) is -0.638. The monoisotopic (exact) mass is 466 g/mol. The van der Waals surface area contributed by atoms with E-state index >= 15 is 0 Å². The summed E-state index contributed by atoms with van der Waals surface area (Å²) in [6.07, 6.45) is 1.24. The second kappa shape index (κ2) is 11.6. The molecule has 0 aliphatic heterocycles. The SMILES string of the molecule is CN(C)CCNC(=O)c1coc(CN(CCN(C)C)C(=O)c2ccc(Cl)c([N+](=O)[O-])c2)n1. The predicted molar refractivity (Wildman–Crippen MR) is 119 cm³/mol. The zero-order valence-electron chi connectivity index (χ0n) is 18.5. The first-order valence-corrected chi connectivity index (χ1v) is 10.2. The standard InChI is InChI=1S/C20H27ClN6O5/c1-24(2)8-7-22-19(28)16-13-32-18(23-16)12-26(10-9-25(3)4)20(29)14-5-6-15(21)17(11-14)27(30)31/h5-6,11,13H,7-10,12H2,1-4H3,(H,22,28). The second-order valence-electron chi connectivity index (χ2n) is 7.64. The van der Waals surface area contributed by atoms with Crippen LogP contribution in [0.4, 0.5) is 5.69 Å². The van der Waals surface area contributed by atoms with Crippen molar-refractivity contribution in [1.29, 1.82) is 0 Å². The van der Waals surface area contributed by atoms with Gasteiger partial charge >= 0.3 is 0 Å². The van der Waals surface area contributed by atoms with Crippen molar-refractivity contribution in [2.45, 2.75) is 6.54 Å². The lowest BCUT2D eigenvalue weighted by atomic mass is 10.1. The first-order valence-electron chi connectivity index (χ1n) is 9.83. The number of nitrogens with zero attached hydrogens (tertiary/aromatic N) is 5. The quantitative estimate of drug-likeness (QED) is 0.392. The van der Waals surface area contributed by atoms with Crippen molar-refractivity contribution in [3.8, 4) is 0 Å². The first-order chi connectivity index (χ1) is 15.1. The van der Waals surface area contributed by atoms with Crippen LogP contribution in [0.2, 0.25) is 5.02 Å². The minimum Gasteiger partial charge on any atom is -0.446 e. The molecule has 2 amide bonds. The van der Waals surface area contributed by atoms with Crippen molar-refractivity contribution in [1.82, 2.24) is 25.0 Å². The van der Waals surface area contributed by atoms with Crippen LogP contribution in [0, 0.1) is 10.1 Å². The Bertz CT molecular complexity index is 962. The molecule has 0 atom stereocenters. The van der Waals surface area contributed by atoms with Crippen LogP contribution in [0.3, 0.4) is 0 Å². The van der Waals surface area contributed by atoms with Crippen LogP contribution in [0.25, 0.3) is 0 Å². The van der Waals surface area contributed by atoms with E-state index in [1.165, 1.54) is 23.3 Å². The summed E-state index contributed by atoms with van der Waals surface area (Å²) in [4.78, 5) is 45.3. The van der Waals surface area contributed by atoms with Gasteiger partial charge in [0.15, 0.2) is 5.69 Å². The van der Waals surface area contributed by atoms with Gasteiger partial charge in [-0.1, -0.05) is 11.6 Å². The molecule has 12 heteroatoms. The third-order valence-electron chi connectivity index (χ3n) is 4.45. The molecule has 1 N–H and O–H groups in total. The van der Waals surface area contributed by atoms with E-state index in [1.807, 2.05) is 38.0 Å². The molecule has 1 aromatic heterocycles. The van der Waals surface area contributed by atoms with Gasteiger partial charge in [0.2, 0.25) is 5.89 Å². The Morgan fingerprint density at radius 3 is 2.47 bits per heavy atom. The van der Waals surface area contributed by atoms with Crippen LogP contribution in [-0.4, -0.2) is 90.8 Å². The van der Waals surface area contributed by atoms with E-state index in [1.54, 1.807) is 0 Å². The van der Waals surface area contributed by atoms with Crippen LogP contribution in [0.1, 0.15) is 26.7 Å². The fourth-order valence-corrected chi connectivity index (χ4v) is 2.86. The molecule has 11 nitrogen and oxygen atoms in total. The lowest BCUT2D eigenvalue weighted by Gasteiger charge is -2.23. The fraction of sp³-hybridized carbons (Fsp3) is 0.450. The summed E-state index contributed by atoms with van der Waals surface area (Å²) in [6, 6.07) is 3.89. The number of aromatic nitrogens is 1. The Balaban J connectivity index is 2.17. The van der Waals surface area contributed by atoms with Gasteiger partial charge in [-0.15, -0.1) is 0 Å². The van der Waals surface area contributed by atoms with Gasteiger partial charge in [-0.3, -0.25) is 19.7 Å². The van der Waals surface area contributed by atoms with Gasteiger partial charge in [-0.2, -0.15) is 0 Å². The van der Waals surface area contributed by atoms with Crippen molar-refractivity contribution in [3.05, 3.63) is 56.7 Å². The zero-order valence-corrected chi connectivity index (χ0v) is 19.3. The molecular formula is C20H27ClN6O5. The van der Waals surface area contributed by atoms with Gasteiger partial charge in [0, 0.05) is 37.8 Å². The van der Waals surface area contributed by atoms with E-state index in [-0.39, 0.29) is 40.3 Å². The van der Waals surface area contributed by atoms with E-state index < -0.39 is 10.8 Å². The molecule has 174 valence electrons. The maximum absolute atomic E-state index is 13.1. The minimum atomic E-state index is -0.640. The molecule has 0 fully saturated rings. The number of benzene rings is 1. The number of carbonyl (C=O) groups excluding carboxylic acids is 2. The molecule has 32 heavy (non-hydrogen) atoms. The van der Waals surface area contributed by atoms with E-state index in [0.29, 0.717) is 26.2 Å². The van der Waals surface area contributed by atoms with Crippen LogP contribution >= 0.6 is 11.6 Å². The van der Waals surface area contributed by atoms with Crippen molar-refractivity contribution in [2.24, 2.45) is 0 Å². The molecule has 2 aromatic rings. The zero-order chi connectivity index (χ0) is 23.8. The largest absolute Gasteiger partial charge is 0.446 e. The topological polar surface area (TPSA) is 125 Å². The normalized spacial score (nSPS) is 11.1. The van der Waals surface area contributed by atoms with Gasteiger partial charge in [-0.25, -0.2) is 4.98 Å². The molecule has 0 saturated heterocycles. The van der Waals surface area contributed by atoms with Gasteiger partial charge in [0.05, 0.1) is 11.5 Å². The molecule has 2 rings (SSSR count). The van der Waals surface area contributed by atoms with Crippen LogP contribution in [-0.2, 0) is 6.54 Å². The van der Waals surface area contributed by atoms with Crippen LogP contribution in [0.5, 0.6) is 0 Å². The number of rotatable bonds is 11. The lowest BCUT2D eigenvalue weighted by Crippen LogP contribution is -2.36. The Morgan fingerprint density at radius 2 is 1.84 bits per heavy atom. The molecule has 0 unspecified atom stereocenters. The predicted octanol–water partition coefficient (Wildman–Crippen LogP) is 1.73. The van der Waals surface area contributed by atoms with Crippen LogP contribution in [0.15, 0.2) is 28.9 Å². The molecule has 0 aliphatic carbocycles. The average molecular weight is 467 g/mol. The van der Waals surface area contributed by atoms with E-state index in [0.717, 1.165) is 6.07 Å². The van der Waals surface area contributed by atoms with Gasteiger partial charge < -0.3 is 24.4 Å². The Hall–Kier alpha value is -3.02. The number of nitro benzene ring substituents is 1. The number of carbonyl (C=O) groups is 2. The summed E-state index contributed by atoms with van der Waals surface area (Å²) < 4.78 is 5.40. The van der Waals surface area contributed by atoms with Crippen molar-refractivity contribution >= 4 is 29.1 Å². The maximum atomic E-state index is 13.1. The third-order valence-corrected chi connectivity index (χ3v) is 4.77. The number of halogens is 1. The number of hydrogen-bond acceptors (Lipinski definition) is 8. The summed E-state index contributed by atoms with van der Waals surface area (Å²) in [6.45, 7) is 1.98. The highest BCUT2D eigenvalue weighted by Gasteiger charge is 2.23. The van der Waals surface area contributed by atoms with Gasteiger partial charge in [-0.05, 0) is 40.3 Å². The molecule has 0 spiro atoms. The Kier molecular flexibility index (Phi) is 9.12. The van der Waals surface area contributed by atoms with E-state index in [9.17, 15) is 19.7 Å². The summed E-state index contributed by atoms with van der Waals surface area (Å²) in [7, 11) is 7.51. The molecular weight excluding hydrogens is 440 g/mol. The fourth-order valence-electron chi connectivity index (χ4n) is 2.68. The summed E-state index contributed by atoms with van der Waals surface area (Å²) in [5.41, 5.74) is -0.119. The summed E-state index contributed by atoms with van der Waals surface area (Å²) >= 11 is 5.86. The number of oxazole rings is 1. The first kappa shape index (κ1) is 25.2. The molecule has 0 saturated carbocycles. The number of nitro groups is 1. The summed E-state index contributed by atoms with van der Waals surface area (Å²) in [5, 5.41) is 13.9. The minimum absolute atomic E-state index is 0.00588. The third kappa shape index (κ3) is 7.29. The number of nitrogens with one attached hydrogen (secondary N) is 1. The smallest absolute Gasteiger partial charge is 0.288 e. The molecule has 1 aromatic carbocycles. The Morgan fingerprint density at radius 1 is 1.16 bits per heavy atom. The molecule has 0 radical (unpaired) electrons. The highest BCUT2D eigenvalue weighted by Crippen LogP contribution is 2.26. The number of amides is 2. The Labute approximate surface area is 191 Å². The average Bonchev–Trinajstić information content (AvgIpc) is 3.19. The van der Waals surface area contributed by atoms with E-state index in [2.05, 4.69) is 10.3 Å². The van der Waals surface area contributed by atoms with Crippen molar-refractivity contribution in [3.63, 3.8) is 0 Å². The number of likely N-dealkylation sites (N-methyl/N-ethyl adjacent to an activating group) is 2. The molecule has 0 bridgehead atoms. The van der Waals surface area contributed by atoms with Gasteiger partial charge in [0.25, 0.3) is 17.5 Å². The molecule has 0 aliphatic rings. The van der Waals surface area contributed by atoms with Crippen LogP contribution < -0.4 is 5.32 Å². The number of hydrogen-bond donors (Lipinski definition) is 1. The van der Waals surface area contributed by atoms with Gasteiger partial charge in [0.1, 0.15) is 11.3 Å². The lowest BCUT2D eigenvalue weighted by molar-refractivity contribution is -0.384. The second-order valence-corrected chi connectivity index (χ2v) is 8.05. The highest BCUT2D eigenvalue weighted by molar-refractivity contribution is 6.32. The highest BCUT2D eigenvalue weighted by atomic mass is 35.5.